The summed E-state index contributed by atoms with van der Waals surface area (Å²) in [6, 6.07) is 5.89. The van der Waals surface area contributed by atoms with Crippen molar-refractivity contribution in [2.75, 3.05) is 25.0 Å². The number of amides is 1. The second-order valence-corrected chi connectivity index (χ2v) is 4.83. The summed E-state index contributed by atoms with van der Waals surface area (Å²) in [5.41, 5.74) is 3.13. The Bertz CT molecular complexity index is 502. The Morgan fingerprint density at radius 1 is 1.53 bits per heavy atom. The summed E-state index contributed by atoms with van der Waals surface area (Å²) in [6.45, 7) is 4.15. The Hall–Kier alpha value is -1.95. The third kappa shape index (κ3) is 3.08. The predicted molar refractivity (Wildman–Crippen MR) is 78.3 cm³/mol. The van der Waals surface area contributed by atoms with Crippen LogP contribution in [0.5, 0.6) is 0 Å². The molecule has 3 heteroatoms. The lowest BCUT2D eigenvalue weighted by molar-refractivity contribution is 0.0777. The molecule has 0 radical (unpaired) electrons. The highest BCUT2D eigenvalue weighted by molar-refractivity contribution is 5.95. The monoisotopic (exact) mass is 256 g/mol. The van der Waals surface area contributed by atoms with Gasteiger partial charge in [0, 0.05) is 24.3 Å². The van der Waals surface area contributed by atoms with Crippen LogP contribution in [0.25, 0.3) is 0 Å². The van der Waals surface area contributed by atoms with Gasteiger partial charge >= 0.3 is 0 Å². The summed E-state index contributed by atoms with van der Waals surface area (Å²) in [4.78, 5) is 14.2. The summed E-state index contributed by atoms with van der Waals surface area (Å²) >= 11 is 0. The number of rotatable bonds is 4. The molecule has 1 N–H and O–H groups in total. The largest absolute Gasteiger partial charge is 0.385 e. The van der Waals surface area contributed by atoms with Crippen LogP contribution in [0.3, 0.4) is 0 Å². The molecule has 0 saturated carbocycles. The van der Waals surface area contributed by atoms with Crippen LogP contribution < -0.4 is 5.32 Å². The van der Waals surface area contributed by atoms with E-state index in [4.69, 9.17) is 6.42 Å². The molecular formula is C16H20N2O. The van der Waals surface area contributed by atoms with Gasteiger partial charge in [0.25, 0.3) is 5.91 Å². The molecule has 0 spiro atoms. The van der Waals surface area contributed by atoms with Crippen LogP contribution in [0.4, 0.5) is 5.69 Å². The van der Waals surface area contributed by atoms with E-state index in [1.54, 1.807) is 4.90 Å². The smallest absolute Gasteiger partial charge is 0.254 e. The van der Waals surface area contributed by atoms with E-state index in [0.717, 1.165) is 37.1 Å². The molecule has 1 aliphatic heterocycles. The normalized spacial score (nSPS) is 13.1. The molecule has 0 aliphatic carbocycles. The standard InChI is InChI=1S/C16H20N2O/c1-3-10-18(11-4-2)16(19)14-7-8-15-13(12-14)6-5-9-17-15/h1,7-8,12,17H,4-6,9-11H2,2H3. The van der Waals surface area contributed by atoms with E-state index in [2.05, 4.69) is 11.2 Å². The van der Waals surface area contributed by atoms with Gasteiger partial charge in [-0.25, -0.2) is 0 Å². The molecule has 2 rings (SSSR count). The lowest BCUT2D eigenvalue weighted by Crippen LogP contribution is -2.32. The minimum Gasteiger partial charge on any atom is -0.385 e. The fraction of sp³-hybridized carbons (Fsp3) is 0.438. The van der Waals surface area contributed by atoms with Crippen LogP contribution in [-0.4, -0.2) is 30.4 Å². The minimum absolute atomic E-state index is 0.0353. The molecule has 3 nitrogen and oxygen atoms in total. The highest BCUT2D eigenvalue weighted by atomic mass is 16.2. The van der Waals surface area contributed by atoms with Gasteiger partial charge in [-0.2, -0.15) is 0 Å². The van der Waals surface area contributed by atoms with Gasteiger partial charge in [-0.1, -0.05) is 12.8 Å². The number of hydrogen-bond acceptors (Lipinski definition) is 2. The summed E-state index contributed by atoms with van der Waals surface area (Å²) in [7, 11) is 0. The van der Waals surface area contributed by atoms with Crippen LogP contribution in [0, 0.1) is 12.3 Å². The minimum atomic E-state index is 0.0353. The predicted octanol–water partition coefficient (Wildman–Crippen LogP) is 2.53. The first-order valence-corrected chi connectivity index (χ1v) is 6.85. The van der Waals surface area contributed by atoms with E-state index in [9.17, 15) is 4.79 Å². The van der Waals surface area contributed by atoms with Gasteiger partial charge in [0.15, 0.2) is 0 Å². The fourth-order valence-corrected chi connectivity index (χ4v) is 2.42. The SMILES string of the molecule is C#CCN(CCC)C(=O)c1ccc2c(c1)CCCN2. The number of hydrogen-bond donors (Lipinski definition) is 1. The first-order chi connectivity index (χ1) is 9.26. The van der Waals surface area contributed by atoms with Crippen LogP contribution in [0.1, 0.15) is 35.7 Å². The van der Waals surface area contributed by atoms with Crippen LogP contribution >= 0.6 is 0 Å². The third-order valence-corrected chi connectivity index (χ3v) is 3.35. The lowest BCUT2D eigenvalue weighted by atomic mass is 10.0. The van der Waals surface area contributed by atoms with Gasteiger partial charge in [-0.05, 0) is 43.0 Å². The molecule has 1 aliphatic rings. The molecule has 19 heavy (non-hydrogen) atoms. The zero-order chi connectivity index (χ0) is 13.7. The van der Waals surface area contributed by atoms with Crippen molar-refractivity contribution >= 4 is 11.6 Å². The summed E-state index contributed by atoms with van der Waals surface area (Å²) in [5.74, 6) is 2.59. The van der Waals surface area contributed by atoms with Gasteiger partial charge in [0.1, 0.15) is 0 Å². The van der Waals surface area contributed by atoms with Crippen molar-refractivity contribution < 1.29 is 4.79 Å². The van der Waals surface area contributed by atoms with Crippen molar-refractivity contribution in [3.63, 3.8) is 0 Å². The highest BCUT2D eigenvalue weighted by Crippen LogP contribution is 2.23. The van der Waals surface area contributed by atoms with Crippen molar-refractivity contribution in [3.8, 4) is 12.3 Å². The number of aryl methyl sites for hydroxylation is 1. The maximum absolute atomic E-state index is 12.4. The first-order valence-electron chi connectivity index (χ1n) is 6.85. The van der Waals surface area contributed by atoms with Crippen molar-refractivity contribution in [2.45, 2.75) is 26.2 Å². The Labute approximate surface area is 115 Å². The number of carbonyl (C=O) groups excluding carboxylic acids is 1. The van der Waals surface area contributed by atoms with E-state index < -0.39 is 0 Å². The molecular weight excluding hydrogens is 236 g/mol. The number of benzene rings is 1. The number of terminal acetylenes is 1. The van der Waals surface area contributed by atoms with Crippen LogP contribution in [-0.2, 0) is 6.42 Å². The average molecular weight is 256 g/mol. The molecule has 0 unspecified atom stereocenters. The van der Waals surface area contributed by atoms with Gasteiger partial charge in [-0.3, -0.25) is 4.79 Å². The molecule has 0 fully saturated rings. The molecule has 0 bridgehead atoms. The second-order valence-electron chi connectivity index (χ2n) is 4.83. The topological polar surface area (TPSA) is 32.3 Å². The summed E-state index contributed by atoms with van der Waals surface area (Å²) in [6.07, 6.45) is 8.40. The molecule has 0 aromatic heterocycles. The number of nitrogens with one attached hydrogen (secondary N) is 1. The molecule has 1 amide bonds. The Morgan fingerprint density at radius 2 is 2.37 bits per heavy atom. The van der Waals surface area contributed by atoms with Gasteiger partial charge in [-0.15, -0.1) is 6.42 Å². The van der Waals surface area contributed by atoms with Crippen LogP contribution in [0.15, 0.2) is 18.2 Å². The van der Waals surface area contributed by atoms with Crippen LogP contribution in [0.2, 0.25) is 0 Å². The molecule has 1 aromatic rings. The van der Waals surface area contributed by atoms with Gasteiger partial charge in [0.2, 0.25) is 0 Å². The van der Waals surface area contributed by atoms with Gasteiger partial charge < -0.3 is 10.2 Å². The van der Waals surface area contributed by atoms with E-state index in [-0.39, 0.29) is 5.91 Å². The lowest BCUT2D eigenvalue weighted by Gasteiger charge is -2.22. The van der Waals surface area contributed by atoms with E-state index in [0.29, 0.717) is 13.1 Å². The molecule has 0 atom stereocenters. The number of anilines is 1. The highest BCUT2D eigenvalue weighted by Gasteiger charge is 2.16. The zero-order valence-electron chi connectivity index (χ0n) is 11.4. The fourth-order valence-electron chi connectivity index (χ4n) is 2.42. The maximum atomic E-state index is 12.4. The van der Waals surface area contributed by atoms with Crippen molar-refractivity contribution in [1.82, 2.24) is 4.90 Å². The second kappa shape index (κ2) is 6.29. The third-order valence-electron chi connectivity index (χ3n) is 3.35. The molecule has 1 heterocycles. The summed E-state index contributed by atoms with van der Waals surface area (Å²) < 4.78 is 0. The summed E-state index contributed by atoms with van der Waals surface area (Å²) in [5, 5.41) is 3.35. The Balaban J connectivity index is 2.20. The zero-order valence-corrected chi connectivity index (χ0v) is 11.4. The quantitative estimate of drug-likeness (QED) is 0.840. The molecule has 1 aromatic carbocycles. The van der Waals surface area contributed by atoms with E-state index >= 15 is 0 Å². The van der Waals surface area contributed by atoms with E-state index in [1.807, 2.05) is 25.1 Å². The number of carbonyl (C=O) groups is 1. The van der Waals surface area contributed by atoms with E-state index in [1.165, 1.54) is 5.56 Å². The van der Waals surface area contributed by atoms with Gasteiger partial charge in [0.05, 0.1) is 6.54 Å². The van der Waals surface area contributed by atoms with Crippen molar-refractivity contribution in [1.29, 1.82) is 0 Å². The average Bonchev–Trinajstić information content (AvgIpc) is 2.46. The first kappa shape index (κ1) is 13.5. The Morgan fingerprint density at radius 3 is 3.11 bits per heavy atom. The molecule has 100 valence electrons. The number of fused-ring (bicyclic) bond motifs is 1. The maximum Gasteiger partial charge on any atom is 0.254 e. The Kier molecular flexibility index (Phi) is 4.46. The molecule has 0 saturated heterocycles. The van der Waals surface area contributed by atoms with Crippen molar-refractivity contribution in [2.24, 2.45) is 0 Å². The number of nitrogens with zero attached hydrogens (tertiary/aromatic N) is 1. The van der Waals surface area contributed by atoms with Crippen molar-refractivity contribution in [3.05, 3.63) is 29.3 Å².